The fourth-order valence-corrected chi connectivity index (χ4v) is 3.18. The van der Waals surface area contributed by atoms with Gasteiger partial charge in [0.05, 0.1) is 11.0 Å². The zero-order valence-corrected chi connectivity index (χ0v) is 13.0. The Balaban J connectivity index is 2.08. The smallest absolute Gasteiger partial charge is 0.114 e. The van der Waals surface area contributed by atoms with Crippen molar-refractivity contribution in [3.8, 4) is 0 Å². The summed E-state index contributed by atoms with van der Waals surface area (Å²) in [5, 5.41) is 0. The number of benzene rings is 2. The third kappa shape index (κ3) is 2.50. The zero-order chi connectivity index (χ0) is 13.9. The van der Waals surface area contributed by atoms with Crippen LogP contribution in [0, 0.1) is 0 Å². The first-order valence-electron chi connectivity index (χ1n) is 6.98. The number of imidazole rings is 1. The third-order valence-electron chi connectivity index (χ3n) is 3.60. The first-order chi connectivity index (χ1) is 9.79. The molecule has 3 rings (SSSR count). The van der Waals surface area contributed by atoms with Gasteiger partial charge in [-0.3, -0.25) is 0 Å². The summed E-state index contributed by atoms with van der Waals surface area (Å²) in [5.41, 5.74) is 3.44. The lowest BCUT2D eigenvalue weighted by Crippen LogP contribution is -2.04. The van der Waals surface area contributed by atoms with Crippen LogP contribution in [0.15, 0.2) is 53.0 Å². The van der Waals surface area contributed by atoms with Crippen LogP contribution in [0.25, 0.3) is 11.0 Å². The molecule has 0 saturated carbocycles. The fraction of sp³-hybridized carbons (Fsp3) is 0.235. The van der Waals surface area contributed by atoms with Crippen LogP contribution in [0.5, 0.6) is 0 Å². The average molecular weight is 329 g/mol. The summed E-state index contributed by atoms with van der Waals surface area (Å²) < 4.78 is 1.15. The fourth-order valence-electron chi connectivity index (χ4n) is 2.62. The molecular weight excluding hydrogens is 312 g/mol. The molecule has 0 saturated heterocycles. The predicted molar refractivity (Wildman–Crippen MR) is 87.0 cm³/mol. The number of rotatable bonds is 4. The molecule has 0 spiro atoms. The van der Waals surface area contributed by atoms with E-state index in [9.17, 15) is 0 Å². The second kappa shape index (κ2) is 5.80. The summed E-state index contributed by atoms with van der Waals surface area (Å²) in [6, 6.07) is 16.6. The average Bonchev–Trinajstić information content (AvgIpc) is 2.89. The number of halogens is 1. The monoisotopic (exact) mass is 328 g/mol. The van der Waals surface area contributed by atoms with Crippen LogP contribution in [0.1, 0.15) is 37.1 Å². The van der Waals surface area contributed by atoms with Gasteiger partial charge in [0.1, 0.15) is 5.82 Å². The quantitative estimate of drug-likeness (QED) is 0.695. The number of fused-ring (bicyclic) bond motifs is 1. The Morgan fingerprint density at radius 2 is 1.85 bits per heavy atom. The molecule has 1 unspecified atom stereocenters. The molecule has 0 radical (unpaired) electrons. The van der Waals surface area contributed by atoms with Gasteiger partial charge in [-0.05, 0) is 30.2 Å². The Morgan fingerprint density at radius 1 is 1.10 bits per heavy atom. The highest BCUT2D eigenvalue weighted by Crippen LogP contribution is 2.33. The van der Waals surface area contributed by atoms with Gasteiger partial charge >= 0.3 is 0 Å². The standard InChI is InChI=1S/C17H17BrN2/c1-2-7-13(12-8-3-4-9-14(12)18)17-19-15-10-5-6-11-16(15)20-17/h3-6,8-11,13H,2,7H2,1H3,(H,19,20). The second-order valence-corrected chi connectivity index (χ2v) is 5.86. The molecule has 1 heterocycles. The number of aromatic nitrogens is 2. The van der Waals surface area contributed by atoms with E-state index in [0.717, 1.165) is 34.2 Å². The lowest BCUT2D eigenvalue weighted by molar-refractivity contribution is 0.666. The van der Waals surface area contributed by atoms with Crippen molar-refractivity contribution < 1.29 is 0 Å². The van der Waals surface area contributed by atoms with Gasteiger partial charge in [-0.15, -0.1) is 0 Å². The van der Waals surface area contributed by atoms with Gasteiger partial charge in [0.25, 0.3) is 0 Å². The van der Waals surface area contributed by atoms with Crippen LogP contribution in [0.4, 0.5) is 0 Å². The third-order valence-corrected chi connectivity index (χ3v) is 4.32. The van der Waals surface area contributed by atoms with Crippen LogP contribution in [0.2, 0.25) is 0 Å². The molecule has 2 aromatic carbocycles. The minimum atomic E-state index is 0.308. The number of nitrogens with zero attached hydrogens (tertiary/aromatic N) is 1. The van der Waals surface area contributed by atoms with E-state index in [4.69, 9.17) is 4.98 Å². The maximum Gasteiger partial charge on any atom is 0.114 e. The zero-order valence-electron chi connectivity index (χ0n) is 11.4. The summed E-state index contributed by atoms with van der Waals surface area (Å²) in [4.78, 5) is 8.25. The maximum atomic E-state index is 4.77. The van der Waals surface area contributed by atoms with Crippen molar-refractivity contribution in [2.24, 2.45) is 0 Å². The second-order valence-electron chi connectivity index (χ2n) is 5.00. The molecule has 2 nitrogen and oxygen atoms in total. The lowest BCUT2D eigenvalue weighted by atomic mass is 9.94. The van der Waals surface area contributed by atoms with E-state index >= 15 is 0 Å². The molecule has 0 aliphatic rings. The van der Waals surface area contributed by atoms with Gasteiger partial charge in [0.2, 0.25) is 0 Å². The van der Waals surface area contributed by atoms with E-state index < -0.39 is 0 Å². The van der Waals surface area contributed by atoms with Crippen molar-refractivity contribution >= 4 is 27.0 Å². The maximum absolute atomic E-state index is 4.77. The van der Waals surface area contributed by atoms with Gasteiger partial charge in [-0.2, -0.15) is 0 Å². The Hall–Kier alpha value is -1.61. The van der Waals surface area contributed by atoms with Gasteiger partial charge in [0.15, 0.2) is 0 Å². The van der Waals surface area contributed by atoms with E-state index in [1.54, 1.807) is 0 Å². The van der Waals surface area contributed by atoms with Crippen molar-refractivity contribution in [1.29, 1.82) is 0 Å². The number of para-hydroxylation sites is 2. The molecule has 1 atom stereocenters. The summed E-state index contributed by atoms with van der Waals surface area (Å²) in [6.07, 6.45) is 2.21. The molecule has 3 heteroatoms. The van der Waals surface area contributed by atoms with E-state index in [1.165, 1.54) is 5.56 Å². The molecule has 1 aromatic heterocycles. The molecule has 20 heavy (non-hydrogen) atoms. The van der Waals surface area contributed by atoms with Crippen LogP contribution >= 0.6 is 15.9 Å². The van der Waals surface area contributed by atoms with Crippen molar-refractivity contribution in [3.63, 3.8) is 0 Å². The van der Waals surface area contributed by atoms with Crippen LogP contribution in [-0.2, 0) is 0 Å². The van der Waals surface area contributed by atoms with Crippen LogP contribution in [-0.4, -0.2) is 9.97 Å². The highest BCUT2D eigenvalue weighted by molar-refractivity contribution is 9.10. The molecule has 0 fully saturated rings. The van der Waals surface area contributed by atoms with Crippen molar-refractivity contribution in [3.05, 3.63) is 64.4 Å². The molecule has 0 bridgehead atoms. The lowest BCUT2D eigenvalue weighted by Gasteiger charge is -2.15. The molecule has 0 aliphatic heterocycles. The van der Waals surface area contributed by atoms with Crippen molar-refractivity contribution in [2.45, 2.75) is 25.7 Å². The first kappa shape index (κ1) is 13.4. The van der Waals surface area contributed by atoms with Gasteiger partial charge in [0, 0.05) is 10.4 Å². The Morgan fingerprint density at radius 3 is 2.60 bits per heavy atom. The summed E-state index contributed by atoms with van der Waals surface area (Å²) in [6.45, 7) is 2.21. The highest BCUT2D eigenvalue weighted by Gasteiger charge is 2.19. The number of nitrogens with one attached hydrogen (secondary N) is 1. The minimum Gasteiger partial charge on any atom is -0.341 e. The molecular formula is C17H17BrN2. The Kier molecular flexibility index (Phi) is 3.88. The normalized spacial score (nSPS) is 12.7. The number of aromatic amines is 1. The summed E-state index contributed by atoms with van der Waals surface area (Å²) in [7, 11) is 0. The number of hydrogen-bond donors (Lipinski definition) is 1. The largest absolute Gasteiger partial charge is 0.341 e. The van der Waals surface area contributed by atoms with Gasteiger partial charge < -0.3 is 4.98 Å². The Bertz CT molecular complexity index is 685. The number of hydrogen-bond acceptors (Lipinski definition) is 1. The number of H-pyrrole nitrogens is 1. The van der Waals surface area contributed by atoms with E-state index in [1.807, 2.05) is 12.1 Å². The summed E-state index contributed by atoms with van der Waals surface area (Å²) in [5.74, 6) is 1.36. The Labute approximate surface area is 127 Å². The molecule has 1 N–H and O–H groups in total. The predicted octanol–water partition coefficient (Wildman–Crippen LogP) is 5.26. The van der Waals surface area contributed by atoms with Gasteiger partial charge in [-0.1, -0.05) is 59.6 Å². The van der Waals surface area contributed by atoms with E-state index in [2.05, 4.69) is 64.2 Å². The molecule has 0 amide bonds. The summed E-state index contributed by atoms with van der Waals surface area (Å²) >= 11 is 3.67. The topological polar surface area (TPSA) is 28.7 Å². The molecule has 3 aromatic rings. The van der Waals surface area contributed by atoms with E-state index in [0.29, 0.717) is 5.92 Å². The first-order valence-corrected chi connectivity index (χ1v) is 7.78. The minimum absolute atomic E-state index is 0.308. The van der Waals surface area contributed by atoms with E-state index in [-0.39, 0.29) is 0 Å². The SMILES string of the molecule is CCCC(c1nc2ccccc2[nH]1)c1ccccc1Br. The van der Waals surface area contributed by atoms with Crippen molar-refractivity contribution in [1.82, 2.24) is 9.97 Å². The van der Waals surface area contributed by atoms with Gasteiger partial charge in [-0.25, -0.2) is 4.98 Å². The molecule has 0 aliphatic carbocycles. The van der Waals surface area contributed by atoms with Crippen molar-refractivity contribution in [2.75, 3.05) is 0 Å². The molecule has 102 valence electrons. The highest BCUT2D eigenvalue weighted by atomic mass is 79.9. The van der Waals surface area contributed by atoms with Crippen LogP contribution < -0.4 is 0 Å². The van der Waals surface area contributed by atoms with Crippen LogP contribution in [0.3, 0.4) is 0 Å².